The van der Waals surface area contributed by atoms with E-state index in [1.807, 2.05) is 31.2 Å². The number of amidine groups is 1. The van der Waals surface area contributed by atoms with Crippen LogP contribution in [-0.2, 0) is 0 Å². The summed E-state index contributed by atoms with van der Waals surface area (Å²) in [6.07, 6.45) is 0. The van der Waals surface area contributed by atoms with Crippen molar-refractivity contribution in [2.24, 2.45) is 5.73 Å². The summed E-state index contributed by atoms with van der Waals surface area (Å²) in [6, 6.07) is 12.9. The topological polar surface area (TPSA) is 68.3 Å². The Kier molecular flexibility index (Phi) is 3.71. The molecule has 2 aromatic rings. The molecule has 4 heteroatoms. The van der Waals surface area contributed by atoms with Gasteiger partial charge in [-0.15, -0.1) is 0 Å². The Balaban J connectivity index is 2.39. The fraction of sp³-hybridized carbons (Fsp3) is 0.133. The van der Waals surface area contributed by atoms with Gasteiger partial charge in [-0.3, -0.25) is 5.41 Å². The third-order valence-corrected chi connectivity index (χ3v) is 2.70. The van der Waals surface area contributed by atoms with Gasteiger partial charge in [-0.2, -0.15) is 0 Å². The lowest BCUT2D eigenvalue weighted by Crippen LogP contribution is -2.12. The van der Waals surface area contributed by atoms with Crippen molar-refractivity contribution in [2.45, 2.75) is 6.92 Å². The Morgan fingerprint density at radius 1 is 1.11 bits per heavy atom. The molecule has 2 rings (SSSR count). The first-order chi connectivity index (χ1) is 9.10. The van der Waals surface area contributed by atoms with E-state index in [4.69, 9.17) is 20.6 Å². The maximum atomic E-state index is 7.57. The van der Waals surface area contributed by atoms with E-state index in [2.05, 4.69) is 0 Å². The van der Waals surface area contributed by atoms with E-state index in [1.54, 1.807) is 25.3 Å². The SMILES string of the molecule is COc1ccc(C(=N)N)c(Oc2cccc(C)c2)c1. The summed E-state index contributed by atoms with van der Waals surface area (Å²) < 4.78 is 11.0. The smallest absolute Gasteiger partial charge is 0.142 e. The van der Waals surface area contributed by atoms with Crippen molar-refractivity contribution in [3.63, 3.8) is 0 Å². The van der Waals surface area contributed by atoms with Crippen LogP contribution in [0.15, 0.2) is 42.5 Å². The van der Waals surface area contributed by atoms with Crippen LogP contribution in [-0.4, -0.2) is 12.9 Å². The minimum atomic E-state index is -0.0368. The summed E-state index contributed by atoms with van der Waals surface area (Å²) in [5, 5.41) is 7.57. The summed E-state index contributed by atoms with van der Waals surface area (Å²) in [6.45, 7) is 1.99. The number of benzene rings is 2. The van der Waals surface area contributed by atoms with Crippen LogP contribution in [0, 0.1) is 12.3 Å². The molecule has 0 saturated carbocycles. The number of hydrogen-bond donors (Lipinski definition) is 2. The molecule has 0 saturated heterocycles. The number of nitrogens with one attached hydrogen (secondary N) is 1. The van der Waals surface area contributed by atoms with Gasteiger partial charge in [0.2, 0.25) is 0 Å². The van der Waals surface area contributed by atoms with Crippen LogP contribution in [0.5, 0.6) is 17.2 Å². The van der Waals surface area contributed by atoms with Crippen molar-refractivity contribution < 1.29 is 9.47 Å². The van der Waals surface area contributed by atoms with E-state index >= 15 is 0 Å². The molecule has 0 bridgehead atoms. The molecule has 0 aliphatic rings. The molecular weight excluding hydrogens is 240 g/mol. The van der Waals surface area contributed by atoms with Crippen LogP contribution >= 0.6 is 0 Å². The summed E-state index contributed by atoms with van der Waals surface area (Å²) in [5.41, 5.74) is 7.20. The highest BCUT2D eigenvalue weighted by molar-refractivity contribution is 5.97. The predicted molar refractivity (Wildman–Crippen MR) is 75.3 cm³/mol. The van der Waals surface area contributed by atoms with Gasteiger partial charge >= 0.3 is 0 Å². The van der Waals surface area contributed by atoms with E-state index < -0.39 is 0 Å². The molecule has 0 unspecified atom stereocenters. The molecule has 98 valence electrons. The van der Waals surface area contributed by atoms with E-state index in [0.717, 1.165) is 5.56 Å². The van der Waals surface area contributed by atoms with E-state index in [-0.39, 0.29) is 5.84 Å². The number of nitrogen functional groups attached to an aromatic ring is 1. The Morgan fingerprint density at radius 3 is 2.53 bits per heavy atom. The van der Waals surface area contributed by atoms with Crippen LogP contribution in [0.4, 0.5) is 0 Å². The highest BCUT2D eigenvalue weighted by Crippen LogP contribution is 2.29. The highest BCUT2D eigenvalue weighted by Gasteiger charge is 2.09. The first kappa shape index (κ1) is 13.0. The molecular formula is C15H16N2O2. The monoisotopic (exact) mass is 256 g/mol. The lowest BCUT2D eigenvalue weighted by atomic mass is 10.1. The fourth-order valence-corrected chi connectivity index (χ4v) is 1.74. The molecule has 4 nitrogen and oxygen atoms in total. The quantitative estimate of drug-likeness (QED) is 0.652. The maximum absolute atomic E-state index is 7.57. The Bertz CT molecular complexity index is 609. The molecule has 0 amide bonds. The van der Waals surface area contributed by atoms with Crippen molar-refractivity contribution in [1.82, 2.24) is 0 Å². The second-order valence-corrected chi connectivity index (χ2v) is 4.19. The molecule has 3 N–H and O–H groups in total. The van der Waals surface area contributed by atoms with E-state index in [9.17, 15) is 0 Å². The first-order valence-electron chi connectivity index (χ1n) is 5.87. The average molecular weight is 256 g/mol. The van der Waals surface area contributed by atoms with E-state index in [1.165, 1.54) is 0 Å². The highest BCUT2D eigenvalue weighted by atomic mass is 16.5. The van der Waals surface area contributed by atoms with Crippen molar-refractivity contribution in [2.75, 3.05) is 7.11 Å². The second-order valence-electron chi connectivity index (χ2n) is 4.19. The summed E-state index contributed by atoms with van der Waals surface area (Å²) in [4.78, 5) is 0. The van der Waals surface area contributed by atoms with Crippen LogP contribution in [0.3, 0.4) is 0 Å². The molecule has 0 aliphatic carbocycles. The van der Waals surface area contributed by atoms with Crippen LogP contribution < -0.4 is 15.2 Å². The van der Waals surface area contributed by atoms with Crippen molar-refractivity contribution in [1.29, 1.82) is 5.41 Å². The zero-order valence-electron chi connectivity index (χ0n) is 10.9. The number of methoxy groups -OCH3 is 1. The Hall–Kier alpha value is -2.49. The van der Waals surface area contributed by atoms with Crippen molar-refractivity contribution >= 4 is 5.84 Å². The maximum Gasteiger partial charge on any atom is 0.142 e. The predicted octanol–water partition coefficient (Wildman–Crippen LogP) is 3.08. The van der Waals surface area contributed by atoms with Gasteiger partial charge in [0.15, 0.2) is 0 Å². The summed E-state index contributed by atoms with van der Waals surface area (Å²) >= 11 is 0. The summed E-state index contributed by atoms with van der Waals surface area (Å²) in [7, 11) is 1.58. The van der Waals surface area contributed by atoms with E-state index in [0.29, 0.717) is 22.8 Å². The van der Waals surface area contributed by atoms with Crippen molar-refractivity contribution in [3.8, 4) is 17.2 Å². The first-order valence-corrected chi connectivity index (χ1v) is 5.87. The standard InChI is InChI=1S/C15H16N2O2/c1-10-4-3-5-12(8-10)19-14-9-11(18-2)6-7-13(14)15(16)17/h3-9H,1-2H3,(H3,16,17). The molecule has 0 aliphatic heterocycles. The minimum Gasteiger partial charge on any atom is -0.497 e. The van der Waals surface area contributed by atoms with Gasteiger partial charge in [0.1, 0.15) is 23.1 Å². The van der Waals surface area contributed by atoms with Gasteiger partial charge in [0.25, 0.3) is 0 Å². The van der Waals surface area contributed by atoms with Gasteiger partial charge < -0.3 is 15.2 Å². The minimum absolute atomic E-state index is 0.0368. The molecule has 0 aromatic heterocycles. The Labute approximate surface area is 112 Å². The average Bonchev–Trinajstić information content (AvgIpc) is 2.38. The largest absolute Gasteiger partial charge is 0.497 e. The van der Waals surface area contributed by atoms with Crippen LogP contribution in [0.2, 0.25) is 0 Å². The summed E-state index contributed by atoms with van der Waals surface area (Å²) in [5.74, 6) is 1.84. The lowest BCUT2D eigenvalue weighted by molar-refractivity contribution is 0.409. The lowest BCUT2D eigenvalue weighted by Gasteiger charge is -2.12. The molecule has 0 radical (unpaired) electrons. The van der Waals surface area contributed by atoms with Gasteiger partial charge in [0.05, 0.1) is 12.7 Å². The fourth-order valence-electron chi connectivity index (χ4n) is 1.74. The molecule has 0 heterocycles. The van der Waals surface area contributed by atoms with Crippen LogP contribution in [0.25, 0.3) is 0 Å². The van der Waals surface area contributed by atoms with Gasteiger partial charge in [-0.05, 0) is 36.8 Å². The Morgan fingerprint density at radius 2 is 1.89 bits per heavy atom. The molecule has 0 atom stereocenters. The second kappa shape index (κ2) is 5.44. The zero-order chi connectivity index (χ0) is 13.8. The van der Waals surface area contributed by atoms with Gasteiger partial charge in [-0.1, -0.05) is 12.1 Å². The third-order valence-electron chi connectivity index (χ3n) is 2.70. The zero-order valence-corrected chi connectivity index (χ0v) is 10.9. The molecule has 0 spiro atoms. The number of rotatable bonds is 4. The third kappa shape index (κ3) is 3.04. The van der Waals surface area contributed by atoms with Gasteiger partial charge in [0, 0.05) is 6.07 Å². The normalized spacial score (nSPS) is 10.0. The number of nitrogens with two attached hydrogens (primary N) is 1. The molecule has 2 aromatic carbocycles. The molecule has 0 fully saturated rings. The van der Waals surface area contributed by atoms with Crippen LogP contribution in [0.1, 0.15) is 11.1 Å². The van der Waals surface area contributed by atoms with Gasteiger partial charge in [-0.25, -0.2) is 0 Å². The molecule has 19 heavy (non-hydrogen) atoms. The number of hydrogen-bond acceptors (Lipinski definition) is 3. The number of aryl methyl sites for hydroxylation is 1. The van der Waals surface area contributed by atoms with Crippen molar-refractivity contribution in [3.05, 3.63) is 53.6 Å². The number of ether oxygens (including phenoxy) is 2.